The zero-order chi connectivity index (χ0) is 11.7. The number of hydrogen-bond acceptors (Lipinski definition) is 3. The molecule has 1 saturated carbocycles. The van der Waals surface area contributed by atoms with Crippen LogP contribution in [0.5, 0.6) is 5.75 Å². The Labute approximate surface area is 101 Å². The van der Waals surface area contributed by atoms with Gasteiger partial charge in [0.15, 0.2) is 5.60 Å². The van der Waals surface area contributed by atoms with Crippen LogP contribution in [0.25, 0.3) is 0 Å². The summed E-state index contributed by atoms with van der Waals surface area (Å²) in [5.74, 6) is 0.863. The van der Waals surface area contributed by atoms with Gasteiger partial charge in [-0.05, 0) is 37.8 Å². The monoisotopic (exact) mass is 231 g/mol. The van der Waals surface area contributed by atoms with Crippen molar-refractivity contribution < 1.29 is 9.94 Å². The smallest absolute Gasteiger partial charge is 0.155 e. The maximum absolute atomic E-state index is 9.33. The summed E-state index contributed by atoms with van der Waals surface area (Å²) in [6.07, 6.45) is 6.71. The molecule has 1 N–H and O–H groups in total. The number of ether oxygens (including phenoxy) is 1. The molecule has 3 heteroatoms. The summed E-state index contributed by atoms with van der Waals surface area (Å²) in [5, 5.41) is 12.9. The summed E-state index contributed by atoms with van der Waals surface area (Å²) < 4.78 is 6.13. The molecule has 0 amide bonds. The Bertz CT molecular complexity index is 445. The van der Waals surface area contributed by atoms with Crippen LogP contribution in [0.15, 0.2) is 29.4 Å². The van der Waals surface area contributed by atoms with Gasteiger partial charge in [-0.15, -0.1) is 0 Å². The molecule has 0 saturated heterocycles. The van der Waals surface area contributed by atoms with Crippen LogP contribution in [0.2, 0.25) is 0 Å². The molecule has 1 aliphatic heterocycles. The largest absolute Gasteiger partial charge is 0.480 e. The van der Waals surface area contributed by atoms with Crippen molar-refractivity contribution in [1.82, 2.24) is 0 Å². The second kappa shape index (κ2) is 4.06. The van der Waals surface area contributed by atoms with E-state index in [-0.39, 0.29) is 5.60 Å². The van der Waals surface area contributed by atoms with Crippen LogP contribution in [-0.2, 0) is 0 Å². The topological polar surface area (TPSA) is 41.8 Å². The van der Waals surface area contributed by atoms with E-state index in [9.17, 15) is 5.21 Å². The zero-order valence-corrected chi connectivity index (χ0v) is 9.85. The number of fused-ring (bicyclic) bond motifs is 1. The van der Waals surface area contributed by atoms with Crippen molar-refractivity contribution in [2.45, 2.75) is 44.1 Å². The summed E-state index contributed by atoms with van der Waals surface area (Å²) in [6, 6.07) is 7.86. The van der Waals surface area contributed by atoms with Gasteiger partial charge >= 0.3 is 0 Å². The van der Waals surface area contributed by atoms with Crippen LogP contribution >= 0.6 is 0 Å². The molecule has 3 nitrogen and oxygen atoms in total. The predicted octanol–water partition coefficient (Wildman–Crippen LogP) is 3.35. The first-order valence-corrected chi connectivity index (χ1v) is 6.37. The lowest BCUT2D eigenvalue weighted by atomic mass is 9.87. The first kappa shape index (κ1) is 10.6. The number of oxime groups is 1. The average molecular weight is 231 g/mol. The number of nitrogens with zero attached hydrogens (tertiary/aromatic N) is 1. The van der Waals surface area contributed by atoms with Gasteiger partial charge in [-0.2, -0.15) is 0 Å². The van der Waals surface area contributed by atoms with Crippen molar-refractivity contribution in [3.8, 4) is 5.75 Å². The van der Waals surface area contributed by atoms with E-state index < -0.39 is 0 Å². The minimum Gasteiger partial charge on any atom is -0.480 e. The van der Waals surface area contributed by atoms with Crippen molar-refractivity contribution in [2.24, 2.45) is 5.16 Å². The maximum Gasteiger partial charge on any atom is 0.155 e. The molecule has 17 heavy (non-hydrogen) atoms. The van der Waals surface area contributed by atoms with Gasteiger partial charge in [0, 0.05) is 5.56 Å². The molecule has 1 heterocycles. The molecule has 0 aromatic heterocycles. The van der Waals surface area contributed by atoms with Crippen molar-refractivity contribution >= 4 is 5.71 Å². The Kier molecular flexibility index (Phi) is 2.54. The van der Waals surface area contributed by atoms with E-state index in [0.29, 0.717) is 0 Å². The van der Waals surface area contributed by atoms with Crippen LogP contribution in [0.4, 0.5) is 0 Å². The van der Waals surface area contributed by atoms with E-state index >= 15 is 0 Å². The van der Waals surface area contributed by atoms with Crippen LogP contribution in [0.3, 0.4) is 0 Å². The minimum atomic E-state index is -0.366. The van der Waals surface area contributed by atoms with Crippen LogP contribution in [0, 0.1) is 0 Å². The summed E-state index contributed by atoms with van der Waals surface area (Å²) in [4.78, 5) is 0. The molecule has 0 radical (unpaired) electrons. The second-order valence-electron chi connectivity index (χ2n) is 4.96. The molecular formula is C14H17NO2. The number of benzene rings is 1. The Morgan fingerprint density at radius 3 is 2.47 bits per heavy atom. The Morgan fingerprint density at radius 2 is 1.76 bits per heavy atom. The first-order valence-electron chi connectivity index (χ1n) is 6.37. The highest BCUT2D eigenvalue weighted by Crippen LogP contribution is 2.42. The molecule has 1 aromatic carbocycles. The zero-order valence-electron chi connectivity index (χ0n) is 9.85. The highest BCUT2D eigenvalue weighted by atomic mass is 16.5. The van der Waals surface area contributed by atoms with Crippen molar-refractivity contribution in [1.29, 1.82) is 0 Å². The van der Waals surface area contributed by atoms with E-state index in [1.165, 1.54) is 12.8 Å². The van der Waals surface area contributed by atoms with E-state index in [1.807, 2.05) is 24.3 Å². The molecule has 0 unspecified atom stereocenters. The molecule has 2 aliphatic rings. The molecule has 1 aliphatic carbocycles. The van der Waals surface area contributed by atoms with E-state index in [4.69, 9.17) is 4.74 Å². The molecule has 3 rings (SSSR count). The Morgan fingerprint density at radius 1 is 1.06 bits per heavy atom. The highest BCUT2D eigenvalue weighted by Gasteiger charge is 2.45. The fourth-order valence-electron chi connectivity index (χ4n) is 3.04. The van der Waals surface area contributed by atoms with Crippen LogP contribution in [0.1, 0.15) is 44.1 Å². The Hall–Kier alpha value is -1.51. The molecule has 1 spiro atoms. The molecule has 1 fully saturated rings. The predicted molar refractivity (Wildman–Crippen MR) is 65.8 cm³/mol. The standard InChI is InChI=1S/C14H17NO2/c16-15-13-11-7-3-4-8-12(11)17-14(13)9-5-1-2-6-10-14/h3-4,7-8,16H,1-2,5-6,9-10H2/b15-13+. The van der Waals surface area contributed by atoms with Gasteiger partial charge in [0.05, 0.1) is 0 Å². The van der Waals surface area contributed by atoms with Gasteiger partial charge in [0.1, 0.15) is 11.5 Å². The lowest BCUT2D eigenvalue weighted by Crippen LogP contribution is -2.40. The number of hydrogen-bond donors (Lipinski definition) is 1. The summed E-state index contributed by atoms with van der Waals surface area (Å²) in [7, 11) is 0. The maximum atomic E-state index is 9.33. The van der Waals surface area contributed by atoms with Gasteiger partial charge in [-0.3, -0.25) is 0 Å². The number of rotatable bonds is 0. The van der Waals surface area contributed by atoms with Crippen LogP contribution < -0.4 is 4.74 Å². The van der Waals surface area contributed by atoms with Crippen molar-refractivity contribution in [2.75, 3.05) is 0 Å². The third-order valence-electron chi connectivity index (χ3n) is 3.89. The molecule has 0 bridgehead atoms. The lowest BCUT2D eigenvalue weighted by molar-refractivity contribution is 0.132. The third kappa shape index (κ3) is 1.61. The fourth-order valence-corrected chi connectivity index (χ4v) is 3.04. The van der Waals surface area contributed by atoms with Gasteiger partial charge in [0.2, 0.25) is 0 Å². The van der Waals surface area contributed by atoms with Gasteiger partial charge in [0.25, 0.3) is 0 Å². The van der Waals surface area contributed by atoms with Crippen molar-refractivity contribution in [3.63, 3.8) is 0 Å². The van der Waals surface area contributed by atoms with E-state index in [2.05, 4.69) is 5.16 Å². The van der Waals surface area contributed by atoms with Gasteiger partial charge in [-0.1, -0.05) is 30.1 Å². The van der Waals surface area contributed by atoms with Crippen molar-refractivity contribution in [3.05, 3.63) is 29.8 Å². The average Bonchev–Trinajstić information content (AvgIpc) is 2.48. The third-order valence-corrected chi connectivity index (χ3v) is 3.89. The summed E-state index contributed by atoms with van der Waals surface area (Å²) in [6.45, 7) is 0. The molecule has 1 aromatic rings. The lowest BCUT2D eigenvalue weighted by Gasteiger charge is -2.27. The number of para-hydroxylation sites is 1. The quantitative estimate of drug-likeness (QED) is 0.549. The highest BCUT2D eigenvalue weighted by molar-refractivity contribution is 6.10. The first-order chi connectivity index (χ1) is 8.36. The summed E-state index contributed by atoms with van der Waals surface area (Å²) in [5.41, 5.74) is 1.32. The van der Waals surface area contributed by atoms with Gasteiger partial charge in [-0.25, -0.2) is 0 Å². The molecule has 90 valence electrons. The fraction of sp³-hybridized carbons (Fsp3) is 0.500. The van der Waals surface area contributed by atoms with E-state index in [1.54, 1.807) is 0 Å². The van der Waals surface area contributed by atoms with Crippen LogP contribution in [-0.4, -0.2) is 16.5 Å². The van der Waals surface area contributed by atoms with E-state index in [0.717, 1.165) is 42.7 Å². The normalized spacial score (nSPS) is 24.4. The second-order valence-corrected chi connectivity index (χ2v) is 4.96. The molecular weight excluding hydrogens is 214 g/mol. The molecule has 0 atom stereocenters. The Balaban J connectivity index is 2.04. The minimum absolute atomic E-state index is 0.366. The summed E-state index contributed by atoms with van der Waals surface area (Å²) >= 11 is 0. The SMILES string of the molecule is O/N=C1\c2ccccc2OC12CCCCCC2. The van der Waals surface area contributed by atoms with Gasteiger partial charge < -0.3 is 9.94 Å².